The van der Waals surface area contributed by atoms with E-state index in [0.29, 0.717) is 19.0 Å². The molecule has 1 aliphatic heterocycles. The van der Waals surface area contributed by atoms with Gasteiger partial charge in [0.05, 0.1) is 24.4 Å². The van der Waals surface area contributed by atoms with E-state index < -0.39 is 10.0 Å². The van der Waals surface area contributed by atoms with E-state index in [2.05, 4.69) is 4.98 Å². The van der Waals surface area contributed by atoms with Crippen LogP contribution in [0.25, 0.3) is 10.9 Å². The van der Waals surface area contributed by atoms with Gasteiger partial charge in [-0.3, -0.25) is 0 Å². The summed E-state index contributed by atoms with van der Waals surface area (Å²) in [6.45, 7) is 2.71. The highest BCUT2D eigenvalue weighted by Crippen LogP contribution is 2.23. The molecule has 1 aliphatic rings. The molecular formula is C20H20N2O3S. The van der Waals surface area contributed by atoms with Crippen LogP contribution in [0.3, 0.4) is 0 Å². The van der Waals surface area contributed by atoms with E-state index in [9.17, 15) is 8.42 Å². The smallest absolute Gasteiger partial charge is 0.218 e. The summed E-state index contributed by atoms with van der Waals surface area (Å²) in [5.41, 5.74) is 2.79. The van der Waals surface area contributed by atoms with Gasteiger partial charge in [0.2, 0.25) is 15.9 Å². The van der Waals surface area contributed by atoms with Crippen LogP contribution < -0.4 is 4.74 Å². The number of pyridine rings is 1. The fraction of sp³-hybridized carbons (Fsp3) is 0.250. The first-order valence-electron chi connectivity index (χ1n) is 8.55. The molecule has 5 nitrogen and oxygen atoms in total. The molecule has 2 aromatic carbocycles. The van der Waals surface area contributed by atoms with Crippen molar-refractivity contribution in [2.24, 2.45) is 0 Å². The fourth-order valence-electron chi connectivity index (χ4n) is 2.97. The summed E-state index contributed by atoms with van der Waals surface area (Å²) in [7, 11) is -3.32. The standard InChI is InChI=1S/C20H20N2O3S/c1-15-6-8-16(9-7-15)14-26(23,24)22-12-18(13-22)25-20-11-10-17-4-2-3-5-19(17)21-20/h2-11,18H,12-14H2,1H3. The first-order chi connectivity index (χ1) is 12.5. The van der Waals surface area contributed by atoms with Crippen LogP contribution in [0.5, 0.6) is 5.88 Å². The number of aryl methyl sites for hydroxylation is 1. The Morgan fingerprint density at radius 2 is 1.77 bits per heavy atom. The highest BCUT2D eigenvalue weighted by molar-refractivity contribution is 7.88. The number of sulfonamides is 1. The van der Waals surface area contributed by atoms with E-state index in [0.717, 1.165) is 22.0 Å². The molecule has 3 aromatic rings. The molecule has 2 heterocycles. The molecule has 1 saturated heterocycles. The summed E-state index contributed by atoms with van der Waals surface area (Å²) in [4.78, 5) is 4.47. The topological polar surface area (TPSA) is 59.5 Å². The number of ether oxygens (including phenoxy) is 1. The number of para-hydroxylation sites is 1. The van der Waals surface area contributed by atoms with Gasteiger partial charge >= 0.3 is 0 Å². The quantitative estimate of drug-likeness (QED) is 0.694. The predicted octanol–water partition coefficient (Wildman–Crippen LogP) is 3.14. The van der Waals surface area contributed by atoms with Gasteiger partial charge in [-0.15, -0.1) is 0 Å². The molecule has 0 radical (unpaired) electrons. The third-order valence-electron chi connectivity index (χ3n) is 4.54. The lowest BCUT2D eigenvalue weighted by atomic mass is 10.2. The summed E-state index contributed by atoms with van der Waals surface area (Å²) in [5.74, 6) is 0.554. The second-order valence-electron chi connectivity index (χ2n) is 6.64. The van der Waals surface area contributed by atoms with Gasteiger partial charge in [0.15, 0.2) is 0 Å². The maximum Gasteiger partial charge on any atom is 0.218 e. The summed E-state index contributed by atoms with van der Waals surface area (Å²) in [5, 5.41) is 1.05. The van der Waals surface area contributed by atoms with Crippen LogP contribution >= 0.6 is 0 Å². The highest BCUT2D eigenvalue weighted by atomic mass is 32.2. The lowest BCUT2D eigenvalue weighted by Gasteiger charge is -2.37. The van der Waals surface area contributed by atoms with Crippen molar-refractivity contribution in [2.45, 2.75) is 18.8 Å². The van der Waals surface area contributed by atoms with Gasteiger partial charge < -0.3 is 4.74 Å². The summed E-state index contributed by atoms with van der Waals surface area (Å²) in [6, 6.07) is 19.2. The number of aromatic nitrogens is 1. The summed E-state index contributed by atoms with van der Waals surface area (Å²) in [6.07, 6.45) is -0.156. The van der Waals surface area contributed by atoms with E-state index in [1.165, 1.54) is 4.31 Å². The van der Waals surface area contributed by atoms with Crippen molar-refractivity contribution in [3.63, 3.8) is 0 Å². The van der Waals surface area contributed by atoms with Gasteiger partial charge in [0.25, 0.3) is 0 Å². The molecule has 1 aromatic heterocycles. The molecule has 134 valence electrons. The average Bonchev–Trinajstić information content (AvgIpc) is 2.59. The molecule has 0 saturated carbocycles. The minimum Gasteiger partial charge on any atom is -0.472 e. The SMILES string of the molecule is Cc1ccc(CS(=O)(=O)N2CC(Oc3ccc4ccccc4n3)C2)cc1. The van der Waals surface area contributed by atoms with E-state index in [1.807, 2.05) is 67.6 Å². The minimum absolute atomic E-state index is 0.0220. The lowest BCUT2D eigenvalue weighted by molar-refractivity contribution is 0.0723. The maximum absolute atomic E-state index is 12.5. The van der Waals surface area contributed by atoms with Crippen LogP contribution in [0.15, 0.2) is 60.7 Å². The van der Waals surface area contributed by atoms with E-state index in [-0.39, 0.29) is 11.9 Å². The van der Waals surface area contributed by atoms with Gasteiger partial charge in [0, 0.05) is 11.5 Å². The number of nitrogens with zero attached hydrogens (tertiary/aromatic N) is 2. The Balaban J connectivity index is 1.37. The van der Waals surface area contributed by atoms with Gasteiger partial charge in [-0.25, -0.2) is 13.4 Å². The van der Waals surface area contributed by atoms with Crippen molar-refractivity contribution in [1.29, 1.82) is 0 Å². The number of hydrogen-bond acceptors (Lipinski definition) is 4. The third-order valence-corrected chi connectivity index (χ3v) is 6.32. The first kappa shape index (κ1) is 17.0. The molecular weight excluding hydrogens is 348 g/mol. The van der Waals surface area contributed by atoms with Crippen LogP contribution in [0.2, 0.25) is 0 Å². The molecule has 4 rings (SSSR count). The van der Waals surface area contributed by atoms with Crippen LogP contribution in [-0.2, 0) is 15.8 Å². The zero-order chi connectivity index (χ0) is 18.1. The zero-order valence-corrected chi connectivity index (χ0v) is 15.3. The summed E-state index contributed by atoms with van der Waals surface area (Å²) < 4.78 is 32.3. The monoisotopic (exact) mass is 368 g/mol. The second-order valence-corrected chi connectivity index (χ2v) is 8.61. The van der Waals surface area contributed by atoms with Crippen molar-refractivity contribution in [1.82, 2.24) is 9.29 Å². The van der Waals surface area contributed by atoms with E-state index >= 15 is 0 Å². The van der Waals surface area contributed by atoms with Crippen molar-refractivity contribution in [3.8, 4) is 5.88 Å². The number of hydrogen-bond donors (Lipinski definition) is 0. The predicted molar refractivity (Wildman–Crippen MR) is 102 cm³/mol. The van der Waals surface area contributed by atoms with Gasteiger partial charge in [-0.1, -0.05) is 48.0 Å². The normalized spacial score (nSPS) is 15.7. The number of rotatable bonds is 5. The Morgan fingerprint density at radius 1 is 1.04 bits per heavy atom. The Kier molecular flexibility index (Phi) is 4.38. The fourth-order valence-corrected chi connectivity index (χ4v) is 4.56. The maximum atomic E-state index is 12.5. The van der Waals surface area contributed by atoms with Crippen molar-refractivity contribution >= 4 is 20.9 Å². The van der Waals surface area contributed by atoms with Gasteiger partial charge in [0.1, 0.15) is 6.10 Å². The second kappa shape index (κ2) is 6.70. The Hall–Kier alpha value is -2.44. The highest BCUT2D eigenvalue weighted by Gasteiger charge is 2.37. The Labute approximate surface area is 153 Å². The van der Waals surface area contributed by atoms with Gasteiger partial charge in [-0.05, 0) is 24.6 Å². The number of fused-ring (bicyclic) bond motifs is 1. The average molecular weight is 368 g/mol. The Bertz CT molecular complexity index is 1030. The minimum atomic E-state index is -3.32. The molecule has 6 heteroatoms. The molecule has 0 amide bonds. The molecule has 1 fully saturated rings. The first-order valence-corrected chi connectivity index (χ1v) is 10.2. The molecule has 0 aliphatic carbocycles. The van der Waals surface area contributed by atoms with Crippen LogP contribution in [0.4, 0.5) is 0 Å². The molecule has 0 bridgehead atoms. The van der Waals surface area contributed by atoms with Crippen molar-refractivity contribution in [2.75, 3.05) is 13.1 Å². The summed E-state index contributed by atoms with van der Waals surface area (Å²) >= 11 is 0. The van der Waals surface area contributed by atoms with Crippen LogP contribution in [-0.4, -0.2) is 36.9 Å². The van der Waals surface area contributed by atoms with Crippen LogP contribution in [0, 0.1) is 6.92 Å². The molecule has 0 unspecified atom stereocenters. The molecule has 0 spiro atoms. The van der Waals surface area contributed by atoms with Crippen LogP contribution in [0.1, 0.15) is 11.1 Å². The molecule has 0 atom stereocenters. The van der Waals surface area contributed by atoms with E-state index in [1.54, 1.807) is 0 Å². The third kappa shape index (κ3) is 3.57. The zero-order valence-electron chi connectivity index (χ0n) is 14.5. The lowest BCUT2D eigenvalue weighted by Crippen LogP contribution is -2.56. The Morgan fingerprint density at radius 3 is 2.54 bits per heavy atom. The van der Waals surface area contributed by atoms with E-state index in [4.69, 9.17) is 4.74 Å². The van der Waals surface area contributed by atoms with Gasteiger partial charge in [-0.2, -0.15) is 4.31 Å². The number of benzene rings is 2. The van der Waals surface area contributed by atoms with Crippen molar-refractivity contribution in [3.05, 3.63) is 71.8 Å². The largest absolute Gasteiger partial charge is 0.472 e. The van der Waals surface area contributed by atoms with Crippen molar-refractivity contribution < 1.29 is 13.2 Å². The molecule has 0 N–H and O–H groups in total. The molecule has 26 heavy (non-hydrogen) atoms.